The Bertz CT molecular complexity index is 986. The van der Waals surface area contributed by atoms with Gasteiger partial charge in [0.15, 0.2) is 23.4 Å². The zero-order chi connectivity index (χ0) is 18.4. The van der Waals surface area contributed by atoms with Crippen molar-refractivity contribution in [2.24, 2.45) is 0 Å². The van der Waals surface area contributed by atoms with Crippen LogP contribution in [-0.2, 0) is 17.6 Å². The van der Waals surface area contributed by atoms with E-state index in [-0.39, 0.29) is 35.0 Å². The summed E-state index contributed by atoms with van der Waals surface area (Å²) < 4.78 is 11.0. The van der Waals surface area contributed by atoms with Gasteiger partial charge >= 0.3 is 5.63 Å². The van der Waals surface area contributed by atoms with Gasteiger partial charge in [0.1, 0.15) is 5.56 Å². The molecule has 1 aromatic carbocycles. The van der Waals surface area contributed by atoms with Crippen LogP contribution >= 0.6 is 0 Å². The SMILES string of the molecule is Cc1c(CC(=O)N2CCC2)c(=O)oc2c(C=O)c(O)c3c(c12)CCCO3. The number of hydrogen-bond acceptors (Lipinski definition) is 6. The van der Waals surface area contributed by atoms with Gasteiger partial charge < -0.3 is 19.2 Å². The van der Waals surface area contributed by atoms with E-state index in [4.69, 9.17) is 9.15 Å². The molecule has 1 N–H and O–H groups in total. The van der Waals surface area contributed by atoms with E-state index in [0.29, 0.717) is 54.5 Å². The van der Waals surface area contributed by atoms with Gasteiger partial charge in [-0.3, -0.25) is 9.59 Å². The predicted molar refractivity (Wildman–Crippen MR) is 93.0 cm³/mol. The zero-order valence-electron chi connectivity index (χ0n) is 14.5. The summed E-state index contributed by atoms with van der Waals surface area (Å²) in [4.78, 5) is 38.0. The minimum atomic E-state index is -0.650. The second-order valence-corrected chi connectivity index (χ2v) is 6.75. The molecule has 0 spiro atoms. The molecular formula is C19H19NO6. The number of carbonyl (C=O) groups excluding carboxylic acids is 2. The Morgan fingerprint density at radius 1 is 1.31 bits per heavy atom. The summed E-state index contributed by atoms with van der Waals surface area (Å²) in [7, 11) is 0. The average molecular weight is 357 g/mol. The van der Waals surface area contributed by atoms with Gasteiger partial charge in [-0.15, -0.1) is 0 Å². The van der Waals surface area contributed by atoms with E-state index >= 15 is 0 Å². The van der Waals surface area contributed by atoms with Gasteiger partial charge in [-0.1, -0.05) is 0 Å². The van der Waals surface area contributed by atoms with Crippen molar-refractivity contribution >= 4 is 23.2 Å². The molecular weight excluding hydrogens is 338 g/mol. The highest BCUT2D eigenvalue weighted by atomic mass is 16.5. The fraction of sp³-hybridized carbons (Fsp3) is 0.421. The maximum atomic E-state index is 12.5. The van der Waals surface area contributed by atoms with Crippen molar-refractivity contribution in [2.45, 2.75) is 32.6 Å². The highest BCUT2D eigenvalue weighted by Gasteiger charge is 2.29. The number of aryl methyl sites for hydroxylation is 2. The van der Waals surface area contributed by atoms with E-state index in [1.807, 2.05) is 0 Å². The van der Waals surface area contributed by atoms with Crippen LogP contribution in [0, 0.1) is 6.92 Å². The third-order valence-corrected chi connectivity index (χ3v) is 5.26. The van der Waals surface area contributed by atoms with Crippen LogP contribution in [0.1, 0.15) is 39.9 Å². The van der Waals surface area contributed by atoms with Crippen molar-refractivity contribution in [3.05, 3.63) is 32.7 Å². The lowest BCUT2D eigenvalue weighted by Gasteiger charge is -2.31. The Morgan fingerprint density at radius 3 is 2.73 bits per heavy atom. The van der Waals surface area contributed by atoms with Gasteiger partial charge in [0, 0.05) is 24.0 Å². The molecule has 4 rings (SSSR count). The molecule has 2 aromatic rings. The molecule has 0 aliphatic carbocycles. The van der Waals surface area contributed by atoms with Gasteiger partial charge in [0.05, 0.1) is 18.6 Å². The largest absolute Gasteiger partial charge is 0.504 e. The standard InChI is InChI=1S/C19H19NO6/c1-10-12(8-14(22)20-5-3-6-20)19(24)26-17-13(9-21)16(23)18-11(15(10)17)4-2-7-25-18/h9,23H,2-8H2,1H3. The Labute approximate surface area is 149 Å². The van der Waals surface area contributed by atoms with Crippen LogP contribution in [0.15, 0.2) is 9.21 Å². The van der Waals surface area contributed by atoms with E-state index in [1.54, 1.807) is 11.8 Å². The normalized spacial score (nSPS) is 16.0. The van der Waals surface area contributed by atoms with Crippen molar-refractivity contribution in [3.63, 3.8) is 0 Å². The van der Waals surface area contributed by atoms with Gasteiger partial charge in [0.25, 0.3) is 0 Å². The molecule has 3 heterocycles. The molecule has 0 radical (unpaired) electrons. The minimum Gasteiger partial charge on any atom is -0.504 e. The van der Waals surface area contributed by atoms with Gasteiger partial charge in [-0.25, -0.2) is 4.79 Å². The zero-order valence-corrected chi connectivity index (χ0v) is 14.5. The summed E-state index contributed by atoms with van der Waals surface area (Å²) in [6.07, 6.45) is 2.79. The Balaban J connectivity index is 1.96. The number of phenolic OH excluding ortho intramolecular Hbond substituents is 1. The van der Waals surface area contributed by atoms with Crippen LogP contribution in [0.25, 0.3) is 11.0 Å². The van der Waals surface area contributed by atoms with Crippen LogP contribution in [0.3, 0.4) is 0 Å². The van der Waals surface area contributed by atoms with Crippen LogP contribution in [-0.4, -0.2) is 41.9 Å². The van der Waals surface area contributed by atoms with Crippen LogP contribution in [0.4, 0.5) is 0 Å². The average Bonchev–Trinajstić information content (AvgIpc) is 2.57. The number of phenols is 1. The third-order valence-electron chi connectivity index (χ3n) is 5.26. The summed E-state index contributed by atoms with van der Waals surface area (Å²) in [5.41, 5.74) is 0.932. The molecule has 0 atom stereocenters. The maximum absolute atomic E-state index is 12.5. The monoisotopic (exact) mass is 357 g/mol. The number of hydrogen-bond donors (Lipinski definition) is 1. The molecule has 2 aliphatic rings. The van der Waals surface area contributed by atoms with Crippen molar-refractivity contribution in [2.75, 3.05) is 19.7 Å². The second-order valence-electron chi connectivity index (χ2n) is 6.75. The van der Waals surface area contributed by atoms with Gasteiger partial charge in [-0.05, 0) is 31.7 Å². The maximum Gasteiger partial charge on any atom is 0.340 e. The topological polar surface area (TPSA) is 97.1 Å². The lowest BCUT2D eigenvalue weighted by atomic mass is 9.92. The highest BCUT2D eigenvalue weighted by molar-refractivity contribution is 6.02. The molecule has 0 saturated carbocycles. The minimum absolute atomic E-state index is 0.0307. The number of aromatic hydroxyl groups is 1. The smallest absolute Gasteiger partial charge is 0.340 e. The summed E-state index contributed by atoms with van der Waals surface area (Å²) >= 11 is 0. The van der Waals surface area contributed by atoms with Crippen molar-refractivity contribution in [1.82, 2.24) is 4.90 Å². The van der Waals surface area contributed by atoms with Crippen molar-refractivity contribution < 1.29 is 23.8 Å². The van der Waals surface area contributed by atoms with Crippen molar-refractivity contribution in [1.29, 1.82) is 0 Å². The number of amides is 1. The van der Waals surface area contributed by atoms with Crippen molar-refractivity contribution in [3.8, 4) is 11.5 Å². The number of carbonyl (C=O) groups is 2. The first-order valence-electron chi connectivity index (χ1n) is 8.72. The van der Waals surface area contributed by atoms with Crippen LogP contribution < -0.4 is 10.4 Å². The second kappa shape index (κ2) is 6.16. The van der Waals surface area contributed by atoms with E-state index in [0.717, 1.165) is 12.8 Å². The predicted octanol–water partition coefficient (Wildman–Crippen LogP) is 1.72. The lowest BCUT2D eigenvalue weighted by Crippen LogP contribution is -2.43. The van der Waals surface area contributed by atoms with Crippen LogP contribution in [0.2, 0.25) is 0 Å². The van der Waals surface area contributed by atoms with E-state index in [2.05, 4.69) is 0 Å². The first-order chi connectivity index (χ1) is 12.5. The summed E-state index contributed by atoms with van der Waals surface area (Å²) in [6, 6.07) is 0. The molecule has 136 valence electrons. The van der Waals surface area contributed by atoms with E-state index in [9.17, 15) is 19.5 Å². The first kappa shape index (κ1) is 16.6. The summed E-state index contributed by atoms with van der Waals surface area (Å²) in [6.45, 7) is 3.62. The quantitative estimate of drug-likeness (QED) is 0.664. The first-order valence-corrected chi connectivity index (χ1v) is 8.72. The fourth-order valence-corrected chi connectivity index (χ4v) is 3.68. The molecule has 0 bridgehead atoms. The number of nitrogens with zero attached hydrogens (tertiary/aromatic N) is 1. The Kier molecular flexibility index (Phi) is 3.94. The number of benzene rings is 1. The number of likely N-dealkylation sites (tertiary alicyclic amines) is 1. The number of rotatable bonds is 3. The number of fused-ring (bicyclic) bond motifs is 3. The van der Waals surface area contributed by atoms with E-state index < -0.39 is 5.63 Å². The van der Waals surface area contributed by atoms with Crippen LogP contribution in [0.5, 0.6) is 11.5 Å². The molecule has 1 aromatic heterocycles. The molecule has 0 unspecified atom stereocenters. The van der Waals surface area contributed by atoms with Gasteiger partial charge in [-0.2, -0.15) is 0 Å². The molecule has 1 amide bonds. The molecule has 1 saturated heterocycles. The fourth-order valence-electron chi connectivity index (χ4n) is 3.68. The Morgan fingerprint density at radius 2 is 2.08 bits per heavy atom. The lowest BCUT2D eigenvalue weighted by molar-refractivity contribution is -0.133. The summed E-state index contributed by atoms with van der Waals surface area (Å²) in [5.74, 6) is -0.137. The highest BCUT2D eigenvalue weighted by Crippen LogP contribution is 2.43. The molecule has 1 fully saturated rings. The molecule has 2 aliphatic heterocycles. The van der Waals surface area contributed by atoms with Gasteiger partial charge in [0.2, 0.25) is 5.91 Å². The number of aldehydes is 1. The summed E-state index contributed by atoms with van der Waals surface area (Å²) in [5, 5.41) is 11.0. The Hall–Kier alpha value is -2.83. The number of ether oxygens (including phenoxy) is 1. The third kappa shape index (κ3) is 2.38. The molecule has 7 heteroatoms. The molecule has 7 nitrogen and oxygen atoms in total. The van der Waals surface area contributed by atoms with E-state index in [1.165, 1.54) is 0 Å². The molecule has 26 heavy (non-hydrogen) atoms.